The van der Waals surface area contributed by atoms with Gasteiger partial charge in [-0.3, -0.25) is 4.79 Å². The fourth-order valence-corrected chi connectivity index (χ4v) is 5.10. The number of rotatable bonds is 7. The number of anilines is 1. The summed E-state index contributed by atoms with van der Waals surface area (Å²) in [6, 6.07) is 11.5. The Kier molecular flexibility index (Phi) is 6.93. The molecule has 1 amide bonds. The average Bonchev–Trinajstić information content (AvgIpc) is 3.31. The third-order valence-electron chi connectivity index (χ3n) is 7.55. The van der Waals surface area contributed by atoms with Gasteiger partial charge in [0, 0.05) is 6.42 Å². The summed E-state index contributed by atoms with van der Waals surface area (Å²) in [5.41, 5.74) is 6.60. The lowest BCUT2D eigenvalue weighted by Gasteiger charge is -2.42. The predicted octanol–water partition coefficient (Wildman–Crippen LogP) is 6.29. The largest absolute Gasteiger partial charge is 0.494 e. The van der Waals surface area contributed by atoms with E-state index in [0.717, 1.165) is 12.2 Å². The molecule has 0 radical (unpaired) electrons. The molecule has 36 heavy (non-hydrogen) atoms. The number of methoxy groups -OCH3 is 2. The number of hydrogen-bond acceptors (Lipinski definition) is 5. The molecule has 2 aromatic carbocycles. The first kappa shape index (κ1) is 25.8. The normalized spacial score (nSPS) is 15.8. The molecule has 6 heteroatoms. The maximum atomic E-state index is 13.0. The van der Waals surface area contributed by atoms with E-state index >= 15 is 0 Å². The zero-order valence-corrected chi connectivity index (χ0v) is 22.4. The van der Waals surface area contributed by atoms with Crippen molar-refractivity contribution in [2.75, 3.05) is 19.5 Å². The summed E-state index contributed by atoms with van der Waals surface area (Å²) in [4.78, 5) is 13.0. The van der Waals surface area contributed by atoms with Crippen LogP contribution in [0.5, 0.6) is 11.5 Å². The van der Waals surface area contributed by atoms with Gasteiger partial charge in [-0.2, -0.15) is 0 Å². The SMILES string of the molecule is COc1cc(CO)cc(OC)c1NC(=O)c1ccc(Cc2cc3c(cc2C)C(C)(C)CCC3(C)C)o1. The maximum Gasteiger partial charge on any atom is 0.291 e. The zero-order chi connectivity index (χ0) is 26.3. The van der Waals surface area contributed by atoms with Crippen molar-refractivity contribution in [3.63, 3.8) is 0 Å². The van der Waals surface area contributed by atoms with Gasteiger partial charge in [0.25, 0.3) is 5.91 Å². The monoisotopic (exact) mass is 491 g/mol. The quantitative estimate of drug-likeness (QED) is 0.406. The summed E-state index contributed by atoms with van der Waals surface area (Å²) in [5.74, 6) is 1.32. The molecule has 1 heterocycles. The van der Waals surface area contributed by atoms with Crippen LogP contribution in [0.3, 0.4) is 0 Å². The van der Waals surface area contributed by atoms with E-state index in [1.54, 1.807) is 18.2 Å². The molecule has 1 aliphatic carbocycles. The van der Waals surface area contributed by atoms with Crippen molar-refractivity contribution in [1.29, 1.82) is 0 Å². The minimum atomic E-state index is -0.403. The summed E-state index contributed by atoms with van der Waals surface area (Å²) >= 11 is 0. The van der Waals surface area contributed by atoms with Crippen molar-refractivity contribution in [3.05, 3.63) is 75.7 Å². The predicted molar refractivity (Wildman–Crippen MR) is 141 cm³/mol. The highest BCUT2D eigenvalue weighted by Crippen LogP contribution is 2.46. The Morgan fingerprint density at radius 1 is 0.972 bits per heavy atom. The van der Waals surface area contributed by atoms with Crippen molar-refractivity contribution in [2.24, 2.45) is 0 Å². The number of fused-ring (bicyclic) bond motifs is 1. The Balaban J connectivity index is 1.58. The van der Waals surface area contributed by atoms with Crippen molar-refractivity contribution in [2.45, 2.75) is 71.3 Å². The van der Waals surface area contributed by atoms with E-state index in [9.17, 15) is 9.90 Å². The second kappa shape index (κ2) is 9.66. The molecule has 0 saturated carbocycles. The first-order chi connectivity index (χ1) is 17.0. The molecule has 0 fully saturated rings. The molecule has 0 bridgehead atoms. The average molecular weight is 492 g/mol. The lowest BCUT2D eigenvalue weighted by molar-refractivity contribution is 0.0994. The summed E-state index contributed by atoms with van der Waals surface area (Å²) in [6.45, 7) is 11.3. The molecule has 192 valence electrons. The Labute approximate surface area is 213 Å². The molecular formula is C30H37NO5. The molecule has 4 rings (SSSR count). The number of amides is 1. The number of carbonyl (C=O) groups excluding carboxylic acids is 1. The van der Waals surface area contributed by atoms with Crippen molar-refractivity contribution in [1.82, 2.24) is 0 Å². The number of carbonyl (C=O) groups is 1. The van der Waals surface area contributed by atoms with Crippen LogP contribution in [0.25, 0.3) is 0 Å². The molecule has 2 N–H and O–H groups in total. The number of nitrogens with one attached hydrogen (secondary N) is 1. The molecule has 0 atom stereocenters. The van der Waals surface area contributed by atoms with Crippen LogP contribution >= 0.6 is 0 Å². The third-order valence-corrected chi connectivity index (χ3v) is 7.55. The first-order valence-electron chi connectivity index (χ1n) is 12.4. The van der Waals surface area contributed by atoms with E-state index in [2.05, 4.69) is 52.1 Å². The van der Waals surface area contributed by atoms with Crippen LogP contribution in [0.2, 0.25) is 0 Å². The van der Waals surface area contributed by atoms with E-state index < -0.39 is 5.91 Å². The topological polar surface area (TPSA) is 80.9 Å². The Morgan fingerprint density at radius 3 is 2.11 bits per heavy atom. The van der Waals surface area contributed by atoms with E-state index in [1.165, 1.54) is 42.9 Å². The van der Waals surface area contributed by atoms with Gasteiger partial charge in [-0.15, -0.1) is 0 Å². The van der Waals surface area contributed by atoms with E-state index in [0.29, 0.717) is 29.2 Å². The van der Waals surface area contributed by atoms with Crippen LogP contribution in [-0.4, -0.2) is 25.2 Å². The Bertz CT molecular complexity index is 1260. The third kappa shape index (κ3) is 4.87. The Morgan fingerprint density at radius 2 is 1.56 bits per heavy atom. The van der Waals surface area contributed by atoms with Crippen LogP contribution < -0.4 is 14.8 Å². The highest BCUT2D eigenvalue weighted by atomic mass is 16.5. The van der Waals surface area contributed by atoms with Crippen LogP contribution in [0.1, 0.15) is 84.7 Å². The molecular weight excluding hydrogens is 454 g/mol. The van der Waals surface area contributed by atoms with E-state index in [-0.39, 0.29) is 23.2 Å². The van der Waals surface area contributed by atoms with Gasteiger partial charge in [-0.05, 0) is 82.7 Å². The van der Waals surface area contributed by atoms with Gasteiger partial charge >= 0.3 is 0 Å². The van der Waals surface area contributed by atoms with Crippen LogP contribution in [0.15, 0.2) is 40.8 Å². The number of aliphatic hydroxyl groups is 1. The Hall–Kier alpha value is -3.25. The summed E-state index contributed by atoms with van der Waals surface area (Å²) in [7, 11) is 3.00. The van der Waals surface area contributed by atoms with Crippen LogP contribution in [0.4, 0.5) is 5.69 Å². The summed E-state index contributed by atoms with van der Waals surface area (Å²) in [6.07, 6.45) is 2.95. The molecule has 0 aliphatic heterocycles. The number of furan rings is 1. The zero-order valence-electron chi connectivity index (χ0n) is 22.4. The van der Waals surface area contributed by atoms with Crippen LogP contribution in [-0.2, 0) is 23.9 Å². The van der Waals surface area contributed by atoms with E-state index in [1.807, 2.05) is 6.07 Å². The second-order valence-electron chi connectivity index (χ2n) is 11.0. The lowest BCUT2D eigenvalue weighted by Crippen LogP contribution is -2.34. The highest BCUT2D eigenvalue weighted by Gasteiger charge is 2.37. The molecule has 0 unspecified atom stereocenters. The number of hydrogen-bond donors (Lipinski definition) is 2. The minimum absolute atomic E-state index is 0.130. The van der Waals surface area contributed by atoms with Gasteiger partial charge in [-0.25, -0.2) is 0 Å². The molecule has 6 nitrogen and oxygen atoms in total. The van der Waals surface area contributed by atoms with Crippen molar-refractivity contribution in [3.8, 4) is 11.5 Å². The van der Waals surface area contributed by atoms with E-state index in [4.69, 9.17) is 13.9 Å². The van der Waals surface area contributed by atoms with Crippen molar-refractivity contribution < 1.29 is 23.8 Å². The van der Waals surface area contributed by atoms with Crippen molar-refractivity contribution >= 4 is 11.6 Å². The number of aliphatic hydroxyl groups excluding tert-OH is 1. The van der Waals surface area contributed by atoms with Gasteiger partial charge in [0.15, 0.2) is 5.76 Å². The van der Waals surface area contributed by atoms with Gasteiger partial charge in [0.05, 0.1) is 20.8 Å². The summed E-state index contributed by atoms with van der Waals surface area (Å²) in [5, 5.41) is 12.3. The standard InChI is InChI=1S/C30H37NO5/c1-18-12-22-23(30(4,5)11-10-29(22,2)3)16-20(18)15-21-8-9-24(36-21)28(33)31-27-25(34-6)13-19(17-32)14-26(27)35-7/h8-9,12-14,16,32H,10-11,15,17H2,1-7H3,(H,31,33). The number of aryl methyl sites for hydroxylation is 1. The maximum absolute atomic E-state index is 13.0. The molecule has 1 aromatic heterocycles. The molecule has 3 aromatic rings. The fourth-order valence-electron chi connectivity index (χ4n) is 5.10. The molecule has 0 saturated heterocycles. The first-order valence-corrected chi connectivity index (χ1v) is 12.4. The number of ether oxygens (including phenoxy) is 2. The molecule has 1 aliphatic rings. The number of benzene rings is 2. The minimum Gasteiger partial charge on any atom is -0.494 e. The highest BCUT2D eigenvalue weighted by molar-refractivity contribution is 6.04. The second-order valence-corrected chi connectivity index (χ2v) is 11.0. The fraction of sp³-hybridized carbons (Fsp3) is 0.433. The van der Waals surface area contributed by atoms with Gasteiger partial charge in [0.2, 0.25) is 0 Å². The van der Waals surface area contributed by atoms with Gasteiger partial charge in [0.1, 0.15) is 22.9 Å². The summed E-state index contributed by atoms with van der Waals surface area (Å²) < 4.78 is 16.8. The lowest BCUT2D eigenvalue weighted by atomic mass is 9.62. The smallest absolute Gasteiger partial charge is 0.291 e. The van der Waals surface area contributed by atoms with Gasteiger partial charge < -0.3 is 24.3 Å². The van der Waals surface area contributed by atoms with Gasteiger partial charge in [-0.1, -0.05) is 39.8 Å². The van der Waals surface area contributed by atoms with Crippen LogP contribution in [0, 0.1) is 6.92 Å². The molecule has 0 spiro atoms.